The number of esters is 1. The molecule has 1 aliphatic carbocycles. The molecule has 0 amide bonds. The third-order valence-corrected chi connectivity index (χ3v) is 11.7. The van der Waals surface area contributed by atoms with Gasteiger partial charge in [0.05, 0.1) is 18.3 Å². The molecule has 168 valence electrons. The zero-order chi connectivity index (χ0) is 23.0. The van der Waals surface area contributed by atoms with E-state index in [-0.39, 0.29) is 18.1 Å². The molecule has 1 aromatic carbocycles. The highest BCUT2D eigenvalue weighted by Crippen LogP contribution is 2.48. The molecule has 0 bridgehead atoms. The average Bonchev–Trinajstić information content (AvgIpc) is 2.64. The highest BCUT2D eigenvalue weighted by atomic mass is 28.4. The molecule has 0 aromatic heterocycles. The van der Waals surface area contributed by atoms with Crippen molar-refractivity contribution in [3.05, 3.63) is 47.0 Å². The Morgan fingerprint density at radius 3 is 2.30 bits per heavy atom. The molecule has 2 N–H and O–H groups in total. The molecule has 2 atom stereocenters. The third kappa shape index (κ3) is 4.88. The van der Waals surface area contributed by atoms with Crippen molar-refractivity contribution >= 4 is 14.3 Å². The van der Waals surface area contributed by atoms with Gasteiger partial charge in [0.2, 0.25) is 0 Å². The number of carbonyl (C=O) groups is 1. The molecule has 5 nitrogen and oxygen atoms in total. The molecule has 30 heavy (non-hydrogen) atoms. The molecule has 0 spiro atoms. The summed E-state index contributed by atoms with van der Waals surface area (Å²) in [6, 6.07) is 8.71. The Bertz CT molecular complexity index is 792. The van der Waals surface area contributed by atoms with Crippen molar-refractivity contribution in [1.82, 2.24) is 0 Å². The average molecular weight is 435 g/mol. The lowest BCUT2D eigenvalue weighted by Crippen LogP contribution is -2.56. The minimum atomic E-state index is -2.01. The Hall–Kier alpha value is -1.47. The molecular weight excluding hydrogens is 396 g/mol. The SMILES string of the molecule is CC1=C(CO[Si](C)(C)C(C)(C)C)C(C)(C)[C@](O)(COC(=O)c2ccccc2)CC1O. The zero-order valence-electron chi connectivity index (χ0n) is 19.7. The van der Waals surface area contributed by atoms with Gasteiger partial charge >= 0.3 is 5.97 Å². The van der Waals surface area contributed by atoms with Crippen LogP contribution in [0.15, 0.2) is 41.5 Å². The summed E-state index contributed by atoms with van der Waals surface area (Å²) in [5, 5.41) is 22.3. The fraction of sp³-hybridized carbons (Fsp3) is 0.625. The number of benzene rings is 1. The zero-order valence-corrected chi connectivity index (χ0v) is 20.7. The highest BCUT2D eigenvalue weighted by Gasteiger charge is 2.52. The second kappa shape index (κ2) is 8.58. The van der Waals surface area contributed by atoms with E-state index in [1.54, 1.807) is 24.3 Å². The van der Waals surface area contributed by atoms with Crippen molar-refractivity contribution in [1.29, 1.82) is 0 Å². The normalized spacial score (nSPS) is 24.7. The van der Waals surface area contributed by atoms with E-state index in [0.29, 0.717) is 12.2 Å². The molecule has 0 saturated carbocycles. The lowest BCUT2D eigenvalue weighted by molar-refractivity contribution is -0.123. The summed E-state index contributed by atoms with van der Waals surface area (Å²) in [6.45, 7) is 16.8. The first kappa shape index (κ1) is 24.8. The van der Waals surface area contributed by atoms with Crippen LogP contribution in [-0.4, -0.2) is 49.4 Å². The van der Waals surface area contributed by atoms with Crippen LogP contribution in [0.4, 0.5) is 0 Å². The molecule has 0 radical (unpaired) electrons. The minimum Gasteiger partial charge on any atom is -0.459 e. The molecule has 0 saturated heterocycles. The molecule has 1 unspecified atom stereocenters. The van der Waals surface area contributed by atoms with Gasteiger partial charge in [-0.3, -0.25) is 0 Å². The number of carbonyl (C=O) groups excluding carboxylic acids is 1. The standard InChI is InChI=1S/C24H38O5Si/c1-17-19(15-29-30(7,8)22(2,3)4)23(5,6)24(27,14-20(17)25)16-28-21(26)18-12-10-9-11-13-18/h9-13,20,25,27H,14-16H2,1-8H3/t20?,24-/m1/s1. The summed E-state index contributed by atoms with van der Waals surface area (Å²) in [5.41, 5.74) is 0.0172. The summed E-state index contributed by atoms with van der Waals surface area (Å²) >= 11 is 0. The number of hydrogen-bond acceptors (Lipinski definition) is 5. The van der Waals surface area contributed by atoms with Gasteiger partial charge in [-0.2, -0.15) is 0 Å². The van der Waals surface area contributed by atoms with Crippen molar-refractivity contribution in [3.8, 4) is 0 Å². The molecule has 0 fully saturated rings. The number of aliphatic hydroxyl groups is 2. The molecule has 6 heteroatoms. The van der Waals surface area contributed by atoms with E-state index in [2.05, 4.69) is 33.9 Å². The second-order valence-electron chi connectivity index (χ2n) is 10.5. The van der Waals surface area contributed by atoms with Crippen molar-refractivity contribution in [3.63, 3.8) is 0 Å². The van der Waals surface area contributed by atoms with Gasteiger partial charge in [0.25, 0.3) is 0 Å². The van der Waals surface area contributed by atoms with Crippen LogP contribution in [0.25, 0.3) is 0 Å². The molecule has 0 heterocycles. The van der Waals surface area contributed by atoms with Crippen LogP contribution in [0.2, 0.25) is 18.1 Å². The fourth-order valence-electron chi connectivity index (χ4n) is 3.55. The van der Waals surface area contributed by atoms with Crippen molar-refractivity contribution < 1.29 is 24.2 Å². The van der Waals surface area contributed by atoms with Gasteiger partial charge < -0.3 is 19.4 Å². The number of hydrogen-bond donors (Lipinski definition) is 2. The van der Waals surface area contributed by atoms with Crippen LogP contribution < -0.4 is 0 Å². The van der Waals surface area contributed by atoms with Crippen LogP contribution in [0.1, 0.15) is 58.3 Å². The van der Waals surface area contributed by atoms with Gasteiger partial charge in [-0.05, 0) is 48.3 Å². The number of ether oxygens (including phenoxy) is 1. The van der Waals surface area contributed by atoms with E-state index in [1.807, 2.05) is 26.8 Å². The summed E-state index contributed by atoms with van der Waals surface area (Å²) in [4.78, 5) is 12.4. The van der Waals surface area contributed by atoms with E-state index >= 15 is 0 Å². The first-order valence-electron chi connectivity index (χ1n) is 10.6. The third-order valence-electron chi connectivity index (χ3n) is 7.26. The largest absolute Gasteiger partial charge is 0.459 e. The summed E-state index contributed by atoms with van der Waals surface area (Å²) < 4.78 is 11.9. The lowest BCUT2D eigenvalue weighted by Gasteiger charge is -2.50. The second-order valence-corrected chi connectivity index (χ2v) is 15.3. The Morgan fingerprint density at radius 1 is 1.20 bits per heavy atom. The molecule has 1 aliphatic rings. The van der Waals surface area contributed by atoms with Gasteiger partial charge in [-0.25, -0.2) is 4.79 Å². The monoisotopic (exact) mass is 434 g/mol. The van der Waals surface area contributed by atoms with Crippen molar-refractivity contribution in [2.45, 2.75) is 77.8 Å². The maximum Gasteiger partial charge on any atom is 0.338 e. The van der Waals surface area contributed by atoms with Gasteiger partial charge in [0, 0.05) is 11.8 Å². The predicted octanol–water partition coefficient (Wildman–Crippen LogP) is 4.70. The molecular formula is C24H38O5Si. The van der Waals surface area contributed by atoms with Gasteiger partial charge in [-0.15, -0.1) is 0 Å². The smallest absolute Gasteiger partial charge is 0.338 e. The van der Waals surface area contributed by atoms with E-state index < -0.39 is 31.4 Å². The quantitative estimate of drug-likeness (QED) is 0.385. The molecule has 2 rings (SSSR count). The maximum absolute atomic E-state index is 12.4. The van der Waals surface area contributed by atoms with E-state index in [0.717, 1.165) is 11.1 Å². The minimum absolute atomic E-state index is 0.0560. The van der Waals surface area contributed by atoms with Crippen LogP contribution >= 0.6 is 0 Å². The van der Waals surface area contributed by atoms with Gasteiger partial charge in [0.1, 0.15) is 12.2 Å². The van der Waals surface area contributed by atoms with Gasteiger partial charge in [-0.1, -0.05) is 52.8 Å². The Balaban J connectivity index is 2.23. The maximum atomic E-state index is 12.4. The fourth-order valence-corrected chi connectivity index (χ4v) is 4.49. The van der Waals surface area contributed by atoms with Crippen LogP contribution in [0.5, 0.6) is 0 Å². The highest BCUT2D eigenvalue weighted by molar-refractivity contribution is 6.74. The van der Waals surface area contributed by atoms with E-state index in [1.165, 1.54) is 0 Å². The Labute approximate surface area is 182 Å². The van der Waals surface area contributed by atoms with E-state index in [9.17, 15) is 15.0 Å². The summed E-state index contributed by atoms with van der Waals surface area (Å²) in [5.74, 6) is -0.486. The van der Waals surface area contributed by atoms with Crippen LogP contribution in [-0.2, 0) is 9.16 Å². The van der Waals surface area contributed by atoms with Crippen LogP contribution in [0, 0.1) is 5.41 Å². The number of rotatable bonds is 6. The Morgan fingerprint density at radius 2 is 1.77 bits per heavy atom. The first-order valence-corrected chi connectivity index (χ1v) is 13.5. The molecule has 0 aliphatic heterocycles. The molecule has 1 aromatic rings. The van der Waals surface area contributed by atoms with Gasteiger partial charge in [0.15, 0.2) is 8.32 Å². The lowest BCUT2D eigenvalue weighted by atomic mass is 9.62. The van der Waals surface area contributed by atoms with Crippen molar-refractivity contribution in [2.75, 3.05) is 13.2 Å². The Kier molecular flexibility index (Phi) is 7.09. The van der Waals surface area contributed by atoms with Crippen LogP contribution in [0.3, 0.4) is 0 Å². The first-order chi connectivity index (χ1) is 13.6. The summed E-state index contributed by atoms with van der Waals surface area (Å²) in [7, 11) is -2.01. The number of aliphatic hydroxyl groups excluding tert-OH is 1. The predicted molar refractivity (Wildman–Crippen MR) is 122 cm³/mol. The van der Waals surface area contributed by atoms with Crippen molar-refractivity contribution in [2.24, 2.45) is 5.41 Å². The van der Waals surface area contributed by atoms with E-state index in [4.69, 9.17) is 9.16 Å². The topological polar surface area (TPSA) is 76.0 Å². The summed E-state index contributed by atoms with van der Waals surface area (Å²) in [6.07, 6.45) is -0.700.